The van der Waals surface area contributed by atoms with E-state index in [1.54, 1.807) is 0 Å². The highest BCUT2D eigenvalue weighted by molar-refractivity contribution is 6.22. The zero-order chi connectivity index (χ0) is 27.9. The van der Waals surface area contributed by atoms with Crippen LogP contribution in [0, 0.1) is 13.8 Å². The Morgan fingerprint density at radius 1 is 0.381 bits per heavy atom. The summed E-state index contributed by atoms with van der Waals surface area (Å²) in [5, 5.41) is 12.4. The van der Waals surface area contributed by atoms with Gasteiger partial charge < -0.3 is 0 Å². The van der Waals surface area contributed by atoms with Crippen LogP contribution in [-0.4, -0.2) is 9.97 Å². The van der Waals surface area contributed by atoms with Crippen LogP contribution in [0.5, 0.6) is 0 Å². The number of fused-ring (bicyclic) bond motifs is 4. The SMILES string of the molecule is Cc1nc2cc(-c3ccc4ccc(-c5cccc6c5ccc5ccccc56)cc4c3)cc3c(C)nc4cccc1c4c23. The zero-order valence-corrected chi connectivity index (χ0v) is 23.4. The molecule has 0 atom stereocenters. The van der Waals surface area contributed by atoms with Crippen LogP contribution in [0.2, 0.25) is 0 Å². The zero-order valence-electron chi connectivity index (χ0n) is 23.4. The van der Waals surface area contributed by atoms with E-state index in [0.717, 1.165) is 22.4 Å². The number of hydrogen-bond donors (Lipinski definition) is 0. The lowest BCUT2D eigenvalue weighted by Crippen LogP contribution is -1.96. The van der Waals surface area contributed by atoms with Gasteiger partial charge in [0, 0.05) is 32.9 Å². The van der Waals surface area contributed by atoms with Crippen LogP contribution in [0.1, 0.15) is 11.4 Å². The van der Waals surface area contributed by atoms with Gasteiger partial charge in [0.05, 0.1) is 11.0 Å². The monoisotopic (exact) mass is 534 g/mol. The molecule has 0 aliphatic heterocycles. The van der Waals surface area contributed by atoms with Gasteiger partial charge in [0.15, 0.2) is 0 Å². The first-order chi connectivity index (χ1) is 20.6. The first-order valence-electron chi connectivity index (χ1n) is 14.5. The normalized spacial score (nSPS) is 12.0. The van der Waals surface area contributed by atoms with Gasteiger partial charge >= 0.3 is 0 Å². The Balaban J connectivity index is 1.23. The molecular formula is C40H26N2. The molecular weight excluding hydrogens is 508 g/mol. The van der Waals surface area contributed by atoms with E-state index in [1.807, 2.05) is 0 Å². The van der Waals surface area contributed by atoms with E-state index in [4.69, 9.17) is 9.97 Å². The van der Waals surface area contributed by atoms with E-state index in [9.17, 15) is 0 Å². The van der Waals surface area contributed by atoms with Gasteiger partial charge in [-0.25, -0.2) is 0 Å². The molecule has 0 fully saturated rings. The van der Waals surface area contributed by atoms with Crippen molar-refractivity contribution in [1.29, 1.82) is 0 Å². The Hall–Kier alpha value is -5.34. The molecule has 7 aromatic carbocycles. The van der Waals surface area contributed by atoms with Crippen LogP contribution < -0.4 is 0 Å². The Morgan fingerprint density at radius 3 is 2.00 bits per heavy atom. The van der Waals surface area contributed by atoms with Crippen molar-refractivity contribution in [3.05, 3.63) is 133 Å². The van der Waals surface area contributed by atoms with E-state index in [1.165, 1.54) is 76.1 Å². The molecule has 0 spiro atoms. The topological polar surface area (TPSA) is 25.8 Å². The third-order valence-corrected chi connectivity index (χ3v) is 9.04. The van der Waals surface area contributed by atoms with Crippen molar-refractivity contribution in [3.63, 3.8) is 0 Å². The minimum Gasteiger partial charge on any atom is -0.252 e. The first-order valence-corrected chi connectivity index (χ1v) is 14.5. The highest BCUT2D eigenvalue weighted by atomic mass is 14.7. The highest BCUT2D eigenvalue weighted by Gasteiger charge is 2.16. The minimum absolute atomic E-state index is 1.03. The molecule has 0 unspecified atom stereocenters. The summed E-state index contributed by atoms with van der Waals surface area (Å²) < 4.78 is 0. The van der Waals surface area contributed by atoms with Crippen LogP contribution in [0.25, 0.3) is 87.1 Å². The summed E-state index contributed by atoms with van der Waals surface area (Å²) >= 11 is 0. The third-order valence-electron chi connectivity index (χ3n) is 9.04. The van der Waals surface area contributed by atoms with E-state index >= 15 is 0 Å². The molecule has 196 valence electrons. The third kappa shape index (κ3) is 3.33. The van der Waals surface area contributed by atoms with Crippen molar-refractivity contribution in [1.82, 2.24) is 9.97 Å². The van der Waals surface area contributed by atoms with Gasteiger partial charge in [0.1, 0.15) is 0 Å². The Labute approximate surface area is 243 Å². The molecule has 0 bridgehead atoms. The van der Waals surface area contributed by atoms with Crippen LogP contribution in [0.4, 0.5) is 0 Å². The molecule has 0 radical (unpaired) electrons. The van der Waals surface area contributed by atoms with Gasteiger partial charge in [0.25, 0.3) is 0 Å². The second-order valence-electron chi connectivity index (χ2n) is 11.5. The fraction of sp³-hybridized carbons (Fsp3) is 0.0500. The summed E-state index contributed by atoms with van der Waals surface area (Å²) in [5.74, 6) is 0. The highest BCUT2D eigenvalue weighted by Crippen LogP contribution is 2.39. The molecule has 9 rings (SSSR count). The van der Waals surface area contributed by atoms with E-state index < -0.39 is 0 Å². The van der Waals surface area contributed by atoms with Crippen molar-refractivity contribution in [3.8, 4) is 22.3 Å². The average molecular weight is 535 g/mol. The Morgan fingerprint density at radius 2 is 1.07 bits per heavy atom. The van der Waals surface area contributed by atoms with Crippen molar-refractivity contribution in [2.75, 3.05) is 0 Å². The fourth-order valence-corrected chi connectivity index (χ4v) is 6.99. The molecule has 2 heteroatoms. The van der Waals surface area contributed by atoms with Gasteiger partial charge in [-0.1, -0.05) is 91.0 Å². The van der Waals surface area contributed by atoms with Crippen LogP contribution in [-0.2, 0) is 0 Å². The Kier molecular flexibility index (Phi) is 4.77. The van der Waals surface area contributed by atoms with Gasteiger partial charge in [-0.3, -0.25) is 9.97 Å². The molecule has 2 aromatic heterocycles. The van der Waals surface area contributed by atoms with E-state index in [2.05, 4.69) is 135 Å². The number of pyridine rings is 2. The maximum absolute atomic E-state index is 5.07. The fourth-order valence-electron chi connectivity index (χ4n) is 6.99. The van der Waals surface area contributed by atoms with Crippen molar-refractivity contribution in [2.45, 2.75) is 13.8 Å². The summed E-state index contributed by atoms with van der Waals surface area (Å²) in [6, 6.07) is 44.3. The predicted molar refractivity (Wildman–Crippen MR) is 179 cm³/mol. The summed E-state index contributed by atoms with van der Waals surface area (Å²) in [6.45, 7) is 4.21. The molecule has 42 heavy (non-hydrogen) atoms. The molecule has 2 nitrogen and oxygen atoms in total. The van der Waals surface area contributed by atoms with Crippen molar-refractivity contribution >= 4 is 64.9 Å². The molecule has 2 heterocycles. The lowest BCUT2D eigenvalue weighted by molar-refractivity contribution is 1.26. The summed E-state index contributed by atoms with van der Waals surface area (Å²) in [7, 11) is 0. The molecule has 0 aliphatic rings. The minimum atomic E-state index is 1.03. The van der Waals surface area contributed by atoms with Crippen molar-refractivity contribution < 1.29 is 0 Å². The maximum atomic E-state index is 5.07. The maximum Gasteiger partial charge on any atom is 0.0725 e. The van der Waals surface area contributed by atoms with Crippen LogP contribution in [0.15, 0.2) is 121 Å². The standard InChI is InChI=1S/C40H26N2/c1-23-31-9-6-12-37-39(31)40-36(24(2)41-37)21-30(22-38(40)42-23)27-15-13-25-14-16-28(20-29(25)19-27)33-10-5-11-34-32-8-4-3-7-26(32)17-18-35(33)34/h3-22H,1-2H3. The molecule has 0 saturated heterocycles. The Bertz CT molecular complexity index is 2540. The smallest absolute Gasteiger partial charge is 0.0725 e. The lowest BCUT2D eigenvalue weighted by atomic mass is 9.92. The van der Waals surface area contributed by atoms with Gasteiger partial charge in [-0.15, -0.1) is 0 Å². The van der Waals surface area contributed by atoms with Crippen LogP contribution >= 0.6 is 0 Å². The molecule has 0 saturated carbocycles. The second-order valence-corrected chi connectivity index (χ2v) is 11.5. The number of rotatable bonds is 2. The first kappa shape index (κ1) is 23.4. The average Bonchev–Trinajstić information content (AvgIpc) is 3.03. The van der Waals surface area contributed by atoms with Crippen molar-refractivity contribution in [2.24, 2.45) is 0 Å². The number of aromatic nitrogens is 2. The number of aryl methyl sites for hydroxylation is 2. The molecule has 0 amide bonds. The van der Waals surface area contributed by atoms with Gasteiger partial charge in [0.2, 0.25) is 0 Å². The summed E-state index contributed by atoms with van der Waals surface area (Å²) in [4.78, 5) is 10.1. The quantitative estimate of drug-likeness (QED) is 0.206. The summed E-state index contributed by atoms with van der Waals surface area (Å²) in [6.07, 6.45) is 0. The second kappa shape index (κ2) is 8.58. The van der Waals surface area contributed by atoms with E-state index in [-0.39, 0.29) is 0 Å². The van der Waals surface area contributed by atoms with Gasteiger partial charge in [-0.05, 0) is 98.8 Å². The number of nitrogens with zero attached hydrogens (tertiary/aromatic N) is 2. The van der Waals surface area contributed by atoms with E-state index in [0.29, 0.717) is 0 Å². The lowest BCUT2D eigenvalue weighted by Gasteiger charge is -2.15. The number of benzene rings is 7. The molecule has 0 N–H and O–H groups in total. The summed E-state index contributed by atoms with van der Waals surface area (Å²) in [5.41, 5.74) is 9.01. The number of hydrogen-bond acceptors (Lipinski definition) is 2. The largest absolute Gasteiger partial charge is 0.252 e. The predicted octanol–water partition coefficient (Wildman–Crippen LogP) is 10.8. The molecule has 9 aromatic rings. The van der Waals surface area contributed by atoms with Crippen LogP contribution in [0.3, 0.4) is 0 Å². The van der Waals surface area contributed by atoms with Gasteiger partial charge in [-0.2, -0.15) is 0 Å². The molecule has 0 aliphatic carbocycles.